The van der Waals surface area contributed by atoms with E-state index in [-0.39, 0.29) is 6.61 Å². The van der Waals surface area contributed by atoms with Gasteiger partial charge in [0.2, 0.25) is 0 Å². The maximum absolute atomic E-state index is 9.30. The fourth-order valence-electron chi connectivity index (χ4n) is 1.58. The quantitative estimate of drug-likeness (QED) is 0.885. The van der Waals surface area contributed by atoms with E-state index in [1.54, 1.807) is 12.1 Å². The van der Waals surface area contributed by atoms with E-state index in [0.29, 0.717) is 16.5 Å². The van der Waals surface area contributed by atoms with Crippen molar-refractivity contribution in [2.75, 3.05) is 0 Å². The zero-order chi connectivity index (χ0) is 13.1. The molecule has 0 aliphatic rings. The first kappa shape index (κ1) is 13.4. The van der Waals surface area contributed by atoms with Crippen LogP contribution in [-0.2, 0) is 6.61 Å². The second-order valence-electron chi connectivity index (χ2n) is 3.92. The molecule has 0 bridgehead atoms. The Morgan fingerprint density at radius 1 is 1.22 bits per heavy atom. The number of benzene rings is 2. The van der Waals surface area contributed by atoms with Crippen molar-refractivity contribution < 1.29 is 9.84 Å². The molecular formula is C14H12BrClO2. The van der Waals surface area contributed by atoms with E-state index in [1.807, 2.05) is 31.2 Å². The number of aliphatic hydroxyl groups excluding tert-OH is 1. The fourth-order valence-corrected chi connectivity index (χ4v) is 2.10. The highest BCUT2D eigenvalue weighted by Crippen LogP contribution is 2.30. The van der Waals surface area contributed by atoms with Gasteiger partial charge < -0.3 is 9.84 Å². The number of hydrogen-bond acceptors (Lipinski definition) is 2. The van der Waals surface area contributed by atoms with Crippen LogP contribution in [0.5, 0.6) is 11.5 Å². The summed E-state index contributed by atoms with van der Waals surface area (Å²) in [6, 6.07) is 11.0. The topological polar surface area (TPSA) is 29.5 Å². The van der Waals surface area contributed by atoms with Crippen LogP contribution >= 0.6 is 27.5 Å². The zero-order valence-electron chi connectivity index (χ0n) is 9.78. The molecule has 2 aromatic rings. The largest absolute Gasteiger partial charge is 0.457 e. The Morgan fingerprint density at radius 3 is 2.67 bits per heavy atom. The molecule has 0 aliphatic carbocycles. The van der Waals surface area contributed by atoms with Gasteiger partial charge in [-0.1, -0.05) is 27.5 Å². The summed E-state index contributed by atoms with van der Waals surface area (Å²) in [5, 5.41) is 10.0. The van der Waals surface area contributed by atoms with Gasteiger partial charge in [0.05, 0.1) is 6.61 Å². The lowest BCUT2D eigenvalue weighted by molar-refractivity contribution is 0.276. The number of aryl methyl sites for hydroxylation is 1. The third kappa shape index (κ3) is 3.05. The Balaban J connectivity index is 2.30. The lowest BCUT2D eigenvalue weighted by atomic mass is 10.2. The van der Waals surface area contributed by atoms with Crippen LogP contribution in [0.2, 0.25) is 5.02 Å². The minimum Gasteiger partial charge on any atom is -0.457 e. The summed E-state index contributed by atoms with van der Waals surface area (Å²) in [6.07, 6.45) is 0. The van der Waals surface area contributed by atoms with Gasteiger partial charge in [0, 0.05) is 15.1 Å². The van der Waals surface area contributed by atoms with Crippen LogP contribution in [0.15, 0.2) is 40.9 Å². The first-order valence-corrected chi connectivity index (χ1v) is 6.60. The van der Waals surface area contributed by atoms with Gasteiger partial charge in [0.15, 0.2) is 0 Å². The molecule has 18 heavy (non-hydrogen) atoms. The molecule has 0 heterocycles. The van der Waals surface area contributed by atoms with E-state index in [4.69, 9.17) is 16.3 Å². The second kappa shape index (κ2) is 5.74. The molecular weight excluding hydrogens is 316 g/mol. The molecule has 2 rings (SSSR count). The van der Waals surface area contributed by atoms with Gasteiger partial charge >= 0.3 is 0 Å². The molecule has 2 aromatic carbocycles. The SMILES string of the molecule is Cc1cc(Oc2ccc(Br)cc2CO)ccc1Cl. The highest BCUT2D eigenvalue weighted by Gasteiger charge is 2.06. The molecule has 0 atom stereocenters. The van der Waals surface area contributed by atoms with Gasteiger partial charge in [-0.25, -0.2) is 0 Å². The molecule has 0 saturated carbocycles. The zero-order valence-corrected chi connectivity index (χ0v) is 12.1. The van der Waals surface area contributed by atoms with Crippen LogP contribution in [0.4, 0.5) is 0 Å². The Bertz CT molecular complexity index is 570. The Kier molecular flexibility index (Phi) is 4.27. The van der Waals surface area contributed by atoms with Crippen LogP contribution in [0.3, 0.4) is 0 Å². The van der Waals surface area contributed by atoms with Crippen molar-refractivity contribution in [3.05, 3.63) is 57.0 Å². The summed E-state index contributed by atoms with van der Waals surface area (Å²) >= 11 is 9.32. The second-order valence-corrected chi connectivity index (χ2v) is 5.25. The minimum absolute atomic E-state index is 0.0681. The molecule has 0 unspecified atom stereocenters. The summed E-state index contributed by atoms with van der Waals surface area (Å²) in [4.78, 5) is 0. The Morgan fingerprint density at radius 2 is 2.00 bits per heavy atom. The van der Waals surface area contributed by atoms with Crippen molar-refractivity contribution in [1.82, 2.24) is 0 Å². The molecule has 0 spiro atoms. The van der Waals surface area contributed by atoms with E-state index in [9.17, 15) is 5.11 Å². The molecule has 0 fully saturated rings. The van der Waals surface area contributed by atoms with Crippen LogP contribution in [0, 0.1) is 6.92 Å². The van der Waals surface area contributed by atoms with E-state index >= 15 is 0 Å². The van der Waals surface area contributed by atoms with E-state index in [2.05, 4.69) is 15.9 Å². The summed E-state index contributed by atoms with van der Waals surface area (Å²) in [5.74, 6) is 1.34. The smallest absolute Gasteiger partial charge is 0.133 e. The molecule has 0 saturated heterocycles. The highest BCUT2D eigenvalue weighted by molar-refractivity contribution is 9.10. The van der Waals surface area contributed by atoms with Crippen molar-refractivity contribution in [2.45, 2.75) is 13.5 Å². The van der Waals surface area contributed by atoms with Gasteiger partial charge in [-0.2, -0.15) is 0 Å². The van der Waals surface area contributed by atoms with E-state index < -0.39 is 0 Å². The van der Waals surface area contributed by atoms with Gasteiger partial charge in [-0.15, -0.1) is 0 Å². The van der Waals surface area contributed by atoms with Crippen LogP contribution in [0.25, 0.3) is 0 Å². The predicted molar refractivity (Wildman–Crippen MR) is 76.3 cm³/mol. The highest BCUT2D eigenvalue weighted by atomic mass is 79.9. The lowest BCUT2D eigenvalue weighted by Gasteiger charge is -2.11. The number of aliphatic hydroxyl groups is 1. The van der Waals surface area contributed by atoms with Crippen molar-refractivity contribution in [3.8, 4) is 11.5 Å². The fraction of sp³-hybridized carbons (Fsp3) is 0.143. The van der Waals surface area contributed by atoms with Crippen LogP contribution < -0.4 is 4.74 Å². The van der Waals surface area contributed by atoms with E-state index in [1.165, 1.54) is 0 Å². The predicted octanol–water partition coefficient (Wildman–Crippen LogP) is 4.70. The average molecular weight is 328 g/mol. The van der Waals surface area contributed by atoms with Gasteiger partial charge in [-0.3, -0.25) is 0 Å². The summed E-state index contributed by atoms with van der Waals surface area (Å²) in [7, 11) is 0. The third-order valence-corrected chi connectivity index (χ3v) is 3.47. The lowest BCUT2D eigenvalue weighted by Crippen LogP contribution is -1.92. The third-order valence-electron chi connectivity index (χ3n) is 2.55. The van der Waals surface area contributed by atoms with Crippen LogP contribution in [-0.4, -0.2) is 5.11 Å². The minimum atomic E-state index is -0.0681. The van der Waals surface area contributed by atoms with Crippen molar-refractivity contribution in [3.63, 3.8) is 0 Å². The number of hydrogen-bond donors (Lipinski definition) is 1. The molecule has 1 N–H and O–H groups in total. The molecule has 2 nitrogen and oxygen atoms in total. The monoisotopic (exact) mass is 326 g/mol. The number of ether oxygens (including phenoxy) is 1. The number of rotatable bonds is 3. The molecule has 0 aliphatic heterocycles. The summed E-state index contributed by atoms with van der Waals surface area (Å²) < 4.78 is 6.66. The molecule has 4 heteroatoms. The number of halogens is 2. The summed E-state index contributed by atoms with van der Waals surface area (Å²) in [6.45, 7) is 1.85. The maximum Gasteiger partial charge on any atom is 0.133 e. The van der Waals surface area contributed by atoms with E-state index in [0.717, 1.165) is 15.6 Å². The van der Waals surface area contributed by atoms with Crippen molar-refractivity contribution in [1.29, 1.82) is 0 Å². The Labute approximate surface area is 119 Å². The Hall–Kier alpha value is -1.03. The van der Waals surface area contributed by atoms with Gasteiger partial charge in [0.25, 0.3) is 0 Å². The summed E-state index contributed by atoms with van der Waals surface area (Å²) in [5.41, 5.74) is 1.69. The standard InChI is InChI=1S/C14H12BrClO2/c1-9-6-12(3-4-13(9)16)18-14-5-2-11(15)7-10(14)8-17/h2-7,17H,8H2,1H3. The normalized spacial score (nSPS) is 10.4. The molecule has 94 valence electrons. The molecule has 0 radical (unpaired) electrons. The average Bonchev–Trinajstić information content (AvgIpc) is 2.36. The van der Waals surface area contributed by atoms with Crippen LogP contribution in [0.1, 0.15) is 11.1 Å². The van der Waals surface area contributed by atoms with Crippen molar-refractivity contribution in [2.24, 2.45) is 0 Å². The molecule has 0 aromatic heterocycles. The first-order valence-electron chi connectivity index (χ1n) is 5.43. The maximum atomic E-state index is 9.30. The first-order chi connectivity index (χ1) is 8.60. The molecule has 0 amide bonds. The van der Waals surface area contributed by atoms with Crippen molar-refractivity contribution >= 4 is 27.5 Å². The van der Waals surface area contributed by atoms with Gasteiger partial charge in [0.1, 0.15) is 11.5 Å². The van der Waals surface area contributed by atoms with Gasteiger partial charge in [-0.05, 0) is 48.9 Å².